The quantitative estimate of drug-likeness (QED) is 0.449. The SMILES string of the molecule is CC(C)C[C@H](NC(=O)[C@H](CC(C)C)N(C)C(=O)OCC1c2ccccc2-c2ccccc21)B(O)O. The Morgan fingerprint density at radius 2 is 1.46 bits per heavy atom. The Labute approximate surface area is 208 Å². The van der Waals surface area contributed by atoms with Crippen molar-refractivity contribution in [2.45, 2.75) is 58.4 Å². The summed E-state index contributed by atoms with van der Waals surface area (Å²) in [5.74, 6) is -1.01. The molecule has 188 valence electrons. The van der Waals surface area contributed by atoms with Gasteiger partial charge in [-0.2, -0.15) is 0 Å². The number of ether oxygens (including phenoxy) is 1. The summed E-state index contributed by atoms with van der Waals surface area (Å²) in [6.07, 6.45) is 0.243. The van der Waals surface area contributed by atoms with Crippen molar-refractivity contribution in [3.8, 4) is 11.1 Å². The number of hydrogen-bond donors (Lipinski definition) is 3. The molecule has 0 spiro atoms. The van der Waals surface area contributed by atoms with Crippen LogP contribution in [0.5, 0.6) is 0 Å². The van der Waals surface area contributed by atoms with Gasteiger partial charge in [0.25, 0.3) is 0 Å². The monoisotopic (exact) mass is 480 g/mol. The van der Waals surface area contributed by atoms with E-state index in [4.69, 9.17) is 4.74 Å². The van der Waals surface area contributed by atoms with Crippen LogP contribution in [0.15, 0.2) is 48.5 Å². The van der Waals surface area contributed by atoms with E-state index in [9.17, 15) is 19.6 Å². The molecule has 0 aliphatic heterocycles. The summed E-state index contributed by atoms with van der Waals surface area (Å²) in [5.41, 5.74) is 4.53. The number of amides is 2. The van der Waals surface area contributed by atoms with Gasteiger partial charge in [-0.3, -0.25) is 9.69 Å². The molecule has 3 N–H and O–H groups in total. The minimum atomic E-state index is -1.68. The molecule has 0 radical (unpaired) electrons. The van der Waals surface area contributed by atoms with Gasteiger partial charge in [0, 0.05) is 13.0 Å². The number of fused-ring (bicyclic) bond motifs is 3. The summed E-state index contributed by atoms with van der Waals surface area (Å²) >= 11 is 0. The molecule has 2 aromatic rings. The minimum Gasteiger partial charge on any atom is -0.448 e. The molecule has 0 saturated carbocycles. The van der Waals surface area contributed by atoms with Crippen LogP contribution in [0, 0.1) is 11.8 Å². The molecule has 2 aromatic carbocycles. The Morgan fingerprint density at radius 1 is 0.943 bits per heavy atom. The molecule has 0 bridgehead atoms. The normalized spacial score (nSPS) is 14.3. The number of nitrogens with zero attached hydrogens (tertiary/aromatic N) is 1. The van der Waals surface area contributed by atoms with Crippen LogP contribution in [-0.2, 0) is 9.53 Å². The van der Waals surface area contributed by atoms with Gasteiger partial charge in [0.1, 0.15) is 12.6 Å². The Kier molecular flexibility index (Phi) is 8.97. The van der Waals surface area contributed by atoms with E-state index in [1.807, 2.05) is 52.0 Å². The first-order valence-corrected chi connectivity index (χ1v) is 12.3. The lowest BCUT2D eigenvalue weighted by Gasteiger charge is -2.30. The van der Waals surface area contributed by atoms with E-state index < -0.39 is 31.1 Å². The lowest BCUT2D eigenvalue weighted by atomic mass is 9.75. The molecule has 0 saturated heterocycles. The number of likely N-dealkylation sites (N-methyl/N-ethyl adjacent to an activating group) is 1. The molecule has 0 aromatic heterocycles. The second-order valence-corrected chi connectivity index (χ2v) is 10.2. The standard InChI is InChI=1S/C27H37BN2O5/c1-17(2)14-24(26(31)29-25(28(33)34)15-18(3)4)30(5)27(32)35-16-23-21-12-8-6-10-19(21)20-11-7-9-13-22(20)23/h6-13,17-18,23-25,33-34H,14-16H2,1-5H3,(H,29,31)/t24-,25-/m0/s1. The smallest absolute Gasteiger partial charge is 0.448 e. The van der Waals surface area contributed by atoms with Gasteiger partial charge in [-0.1, -0.05) is 76.2 Å². The van der Waals surface area contributed by atoms with Crippen molar-refractivity contribution in [3.05, 3.63) is 59.7 Å². The maximum atomic E-state index is 13.1. The van der Waals surface area contributed by atoms with Crippen LogP contribution >= 0.6 is 0 Å². The molecule has 0 fully saturated rings. The zero-order chi connectivity index (χ0) is 25.7. The Balaban J connectivity index is 1.72. The molecular formula is C27H37BN2O5. The summed E-state index contributed by atoms with van der Waals surface area (Å²) < 4.78 is 5.74. The van der Waals surface area contributed by atoms with E-state index in [-0.39, 0.29) is 24.4 Å². The minimum absolute atomic E-state index is 0.0721. The van der Waals surface area contributed by atoms with E-state index in [0.717, 1.165) is 22.3 Å². The molecule has 7 nitrogen and oxygen atoms in total. The molecule has 1 aliphatic rings. The van der Waals surface area contributed by atoms with Crippen LogP contribution < -0.4 is 5.32 Å². The number of carbonyl (C=O) groups is 2. The topological polar surface area (TPSA) is 99.1 Å². The van der Waals surface area contributed by atoms with Gasteiger partial charge in [0.05, 0.1) is 5.94 Å². The van der Waals surface area contributed by atoms with Crippen molar-refractivity contribution < 1.29 is 24.4 Å². The van der Waals surface area contributed by atoms with Crippen molar-refractivity contribution in [2.24, 2.45) is 11.8 Å². The first-order valence-electron chi connectivity index (χ1n) is 12.3. The third-order valence-electron chi connectivity index (χ3n) is 6.50. The van der Waals surface area contributed by atoms with Crippen LogP contribution in [0.25, 0.3) is 11.1 Å². The molecule has 2 amide bonds. The molecule has 35 heavy (non-hydrogen) atoms. The predicted octanol–water partition coefficient (Wildman–Crippen LogP) is 3.82. The Morgan fingerprint density at radius 3 is 1.94 bits per heavy atom. The molecule has 1 aliphatic carbocycles. The molecule has 2 atom stereocenters. The number of hydrogen-bond acceptors (Lipinski definition) is 5. The average Bonchev–Trinajstić information content (AvgIpc) is 3.13. The van der Waals surface area contributed by atoms with Crippen LogP contribution in [0.3, 0.4) is 0 Å². The van der Waals surface area contributed by atoms with Gasteiger partial charge in [-0.05, 0) is 46.9 Å². The van der Waals surface area contributed by atoms with Crippen LogP contribution in [0.4, 0.5) is 4.79 Å². The third kappa shape index (κ3) is 6.44. The van der Waals surface area contributed by atoms with Crippen molar-refractivity contribution in [2.75, 3.05) is 13.7 Å². The van der Waals surface area contributed by atoms with E-state index >= 15 is 0 Å². The highest BCUT2D eigenvalue weighted by molar-refractivity contribution is 6.43. The van der Waals surface area contributed by atoms with Crippen molar-refractivity contribution in [1.29, 1.82) is 0 Å². The number of carbonyl (C=O) groups excluding carboxylic acids is 2. The van der Waals surface area contributed by atoms with Gasteiger partial charge in [-0.25, -0.2) is 4.79 Å². The van der Waals surface area contributed by atoms with E-state index in [0.29, 0.717) is 12.8 Å². The summed E-state index contributed by atoms with van der Waals surface area (Å²) in [5, 5.41) is 22.2. The molecule has 3 rings (SSSR count). The molecule has 0 heterocycles. The van der Waals surface area contributed by atoms with E-state index in [1.54, 1.807) is 7.05 Å². The fraction of sp³-hybridized carbons (Fsp3) is 0.481. The highest BCUT2D eigenvalue weighted by Crippen LogP contribution is 2.44. The third-order valence-corrected chi connectivity index (χ3v) is 6.50. The van der Waals surface area contributed by atoms with Gasteiger partial charge in [0.2, 0.25) is 5.91 Å². The van der Waals surface area contributed by atoms with Gasteiger partial charge in [0.15, 0.2) is 0 Å². The molecular weight excluding hydrogens is 443 g/mol. The summed E-state index contributed by atoms with van der Waals surface area (Å²) in [7, 11) is -0.126. The maximum absolute atomic E-state index is 13.1. The highest BCUT2D eigenvalue weighted by atomic mass is 16.6. The first kappa shape index (κ1) is 26.8. The van der Waals surface area contributed by atoms with E-state index in [1.165, 1.54) is 4.90 Å². The Bertz CT molecular complexity index is 981. The van der Waals surface area contributed by atoms with E-state index in [2.05, 4.69) is 29.6 Å². The van der Waals surface area contributed by atoms with Gasteiger partial charge in [-0.15, -0.1) is 0 Å². The van der Waals surface area contributed by atoms with Crippen LogP contribution in [0.1, 0.15) is 57.6 Å². The largest absolute Gasteiger partial charge is 0.475 e. The van der Waals surface area contributed by atoms with Crippen LogP contribution in [-0.4, -0.2) is 59.7 Å². The summed E-state index contributed by atoms with van der Waals surface area (Å²) in [6, 6.07) is 15.5. The molecule has 0 unspecified atom stereocenters. The second-order valence-electron chi connectivity index (χ2n) is 10.2. The van der Waals surface area contributed by atoms with Crippen molar-refractivity contribution in [1.82, 2.24) is 10.2 Å². The zero-order valence-electron chi connectivity index (χ0n) is 21.3. The summed E-state index contributed by atoms with van der Waals surface area (Å²) in [4.78, 5) is 27.5. The zero-order valence-corrected chi connectivity index (χ0v) is 21.3. The number of benzene rings is 2. The van der Waals surface area contributed by atoms with Crippen molar-refractivity contribution >= 4 is 19.1 Å². The number of rotatable bonds is 10. The van der Waals surface area contributed by atoms with Gasteiger partial charge < -0.3 is 20.1 Å². The highest BCUT2D eigenvalue weighted by Gasteiger charge is 2.34. The lowest BCUT2D eigenvalue weighted by Crippen LogP contribution is -2.55. The van der Waals surface area contributed by atoms with Crippen LogP contribution in [0.2, 0.25) is 0 Å². The fourth-order valence-electron chi connectivity index (χ4n) is 4.75. The fourth-order valence-corrected chi connectivity index (χ4v) is 4.75. The average molecular weight is 480 g/mol. The van der Waals surface area contributed by atoms with Crippen molar-refractivity contribution in [3.63, 3.8) is 0 Å². The second kappa shape index (κ2) is 11.7. The molecule has 8 heteroatoms. The predicted molar refractivity (Wildman–Crippen MR) is 138 cm³/mol. The van der Waals surface area contributed by atoms with Gasteiger partial charge >= 0.3 is 13.2 Å². The lowest BCUT2D eigenvalue weighted by molar-refractivity contribution is -0.126. The first-order chi connectivity index (χ1) is 16.6. The Hall–Kier alpha value is -2.84. The summed E-state index contributed by atoms with van der Waals surface area (Å²) in [6.45, 7) is 7.99. The number of nitrogens with one attached hydrogen (secondary N) is 1. The maximum Gasteiger partial charge on any atom is 0.475 e.